The Hall–Kier alpha value is -1.58. The Morgan fingerprint density at radius 1 is 1.42 bits per heavy atom. The van der Waals surface area contributed by atoms with Gasteiger partial charge in [-0.3, -0.25) is 9.59 Å². The number of aromatic nitrogens is 1. The maximum Gasteiger partial charge on any atom is 0.223 e. The molecular weight excluding hydrogens is 240 g/mol. The van der Waals surface area contributed by atoms with E-state index in [-0.39, 0.29) is 23.7 Å². The summed E-state index contributed by atoms with van der Waals surface area (Å²) in [5.41, 5.74) is 0.787. The van der Waals surface area contributed by atoms with Crippen molar-refractivity contribution in [3.05, 3.63) is 24.0 Å². The molecule has 1 aromatic heterocycles. The maximum atomic E-state index is 12.1. The molecule has 0 aliphatic carbocycles. The zero-order valence-corrected chi connectivity index (χ0v) is 12.1. The van der Waals surface area contributed by atoms with Gasteiger partial charge in [-0.15, -0.1) is 0 Å². The number of likely N-dealkylation sites (tertiary alicyclic amines) is 1. The summed E-state index contributed by atoms with van der Waals surface area (Å²) in [4.78, 5) is 25.8. The number of Topliss-reactive ketones (excluding diaryl/α,β-unsaturated/α-hetero) is 1. The molecule has 104 valence electrons. The van der Waals surface area contributed by atoms with E-state index < -0.39 is 0 Å². The highest BCUT2D eigenvalue weighted by Gasteiger charge is 2.37. The second-order valence-electron chi connectivity index (χ2n) is 6.53. The van der Waals surface area contributed by atoms with E-state index in [0.29, 0.717) is 24.4 Å². The number of aryl methyl sites for hydroxylation is 1. The van der Waals surface area contributed by atoms with Gasteiger partial charge in [0.1, 0.15) is 0 Å². The van der Waals surface area contributed by atoms with E-state index in [9.17, 15) is 9.59 Å². The van der Waals surface area contributed by atoms with Crippen LogP contribution in [0.3, 0.4) is 0 Å². The van der Waals surface area contributed by atoms with Crippen molar-refractivity contribution >= 4 is 11.7 Å². The summed E-state index contributed by atoms with van der Waals surface area (Å²) in [6, 6.07) is 1.80. The molecule has 4 heteroatoms. The van der Waals surface area contributed by atoms with Gasteiger partial charge in [0, 0.05) is 38.0 Å². The summed E-state index contributed by atoms with van der Waals surface area (Å²) in [7, 11) is 1.88. The van der Waals surface area contributed by atoms with Crippen molar-refractivity contribution in [3.63, 3.8) is 0 Å². The Labute approximate surface area is 114 Å². The second-order valence-corrected chi connectivity index (χ2v) is 6.53. The third-order valence-electron chi connectivity index (χ3n) is 3.93. The van der Waals surface area contributed by atoms with E-state index >= 15 is 0 Å². The Kier molecular flexibility index (Phi) is 3.52. The average molecular weight is 262 g/mol. The van der Waals surface area contributed by atoms with Gasteiger partial charge in [-0.2, -0.15) is 0 Å². The summed E-state index contributed by atoms with van der Waals surface area (Å²) in [5.74, 6) is 0.455. The van der Waals surface area contributed by atoms with E-state index in [0.717, 1.165) is 0 Å². The Balaban J connectivity index is 2.00. The number of hydrogen-bond donors (Lipinski definition) is 0. The number of carbonyl (C=O) groups excluding carboxylic acids is 2. The molecular formula is C15H22N2O2. The highest BCUT2D eigenvalue weighted by atomic mass is 16.2. The molecule has 0 radical (unpaired) electrons. The monoisotopic (exact) mass is 262 g/mol. The van der Waals surface area contributed by atoms with Crippen LogP contribution in [-0.4, -0.2) is 34.2 Å². The number of carbonyl (C=O) groups is 2. The van der Waals surface area contributed by atoms with Crippen molar-refractivity contribution in [2.75, 3.05) is 13.1 Å². The van der Waals surface area contributed by atoms with Crippen LogP contribution in [0, 0.1) is 11.3 Å². The van der Waals surface area contributed by atoms with Gasteiger partial charge in [0.05, 0.1) is 6.54 Å². The lowest BCUT2D eigenvalue weighted by atomic mass is 9.80. The van der Waals surface area contributed by atoms with Crippen molar-refractivity contribution in [1.82, 2.24) is 9.47 Å². The van der Waals surface area contributed by atoms with Gasteiger partial charge in [-0.25, -0.2) is 0 Å². The zero-order chi connectivity index (χ0) is 14.2. The summed E-state index contributed by atoms with van der Waals surface area (Å²) in [5, 5.41) is 0. The van der Waals surface area contributed by atoms with Crippen LogP contribution >= 0.6 is 0 Å². The zero-order valence-electron chi connectivity index (χ0n) is 12.1. The molecule has 0 aromatic carbocycles. The van der Waals surface area contributed by atoms with Crippen LogP contribution in [0.2, 0.25) is 0 Å². The lowest BCUT2D eigenvalue weighted by Crippen LogP contribution is -2.32. The first-order chi connectivity index (χ1) is 8.77. The van der Waals surface area contributed by atoms with Gasteiger partial charge >= 0.3 is 0 Å². The van der Waals surface area contributed by atoms with E-state index in [1.54, 1.807) is 17.2 Å². The first kappa shape index (κ1) is 13.8. The standard InChI is InChI=1S/C15H22N2O2/c1-15(2,3)12-7-14(19)17(9-12)10-13(18)11-5-6-16(4)8-11/h5-6,8,12H,7,9-10H2,1-4H3. The molecule has 1 atom stereocenters. The SMILES string of the molecule is Cn1ccc(C(=O)CN2CC(C(C)(C)C)CC2=O)c1. The lowest BCUT2D eigenvalue weighted by molar-refractivity contribution is -0.127. The average Bonchev–Trinajstić information content (AvgIpc) is 2.85. The summed E-state index contributed by atoms with van der Waals surface area (Å²) >= 11 is 0. The summed E-state index contributed by atoms with van der Waals surface area (Å²) in [6.45, 7) is 7.34. The number of ketones is 1. The van der Waals surface area contributed by atoms with Crippen molar-refractivity contribution < 1.29 is 9.59 Å². The molecule has 1 fully saturated rings. The lowest BCUT2D eigenvalue weighted by Gasteiger charge is -2.26. The van der Waals surface area contributed by atoms with Crippen LogP contribution < -0.4 is 0 Å². The third kappa shape index (κ3) is 3.06. The van der Waals surface area contributed by atoms with E-state index in [1.165, 1.54) is 0 Å². The molecule has 1 aliphatic rings. The Bertz CT molecular complexity index is 496. The van der Waals surface area contributed by atoms with Gasteiger partial charge in [0.15, 0.2) is 5.78 Å². The molecule has 0 N–H and O–H groups in total. The minimum absolute atomic E-state index is 0.0171. The maximum absolute atomic E-state index is 12.1. The quantitative estimate of drug-likeness (QED) is 0.783. The highest BCUT2D eigenvalue weighted by molar-refractivity contribution is 5.99. The van der Waals surface area contributed by atoms with Crippen molar-refractivity contribution in [2.24, 2.45) is 18.4 Å². The van der Waals surface area contributed by atoms with Crippen LogP contribution in [0.1, 0.15) is 37.6 Å². The van der Waals surface area contributed by atoms with E-state index in [1.807, 2.05) is 17.8 Å². The molecule has 0 spiro atoms. The smallest absolute Gasteiger partial charge is 0.223 e. The molecule has 1 unspecified atom stereocenters. The topological polar surface area (TPSA) is 42.3 Å². The number of nitrogens with zero attached hydrogens (tertiary/aromatic N) is 2. The molecule has 1 aliphatic heterocycles. The first-order valence-corrected chi connectivity index (χ1v) is 6.70. The van der Waals surface area contributed by atoms with Crippen molar-refractivity contribution in [3.8, 4) is 0 Å². The fraction of sp³-hybridized carbons (Fsp3) is 0.600. The van der Waals surface area contributed by atoms with Crippen LogP contribution in [0.15, 0.2) is 18.5 Å². The van der Waals surface area contributed by atoms with Gasteiger partial charge < -0.3 is 9.47 Å². The Morgan fingerprint density at radius 2 is 2.11 bits per heavy atom. The predicted molar refractivity (Wildman–Crippen MR) is 73.9 cm³/mol. The molecule has 2 rings (SSSR count). The molecule has 19 heavy (non-hydrogen) atoms. The first-order valence-electron chi connectivity index (χ1n) is 6.70. The minimum atomic E-state index is 0.0171. The fourth-order valence-corrected chi connectivity index (χ4v) is 2.44. The fourth-order valence-electron chi connectivity index (χ4n) is 2.44. The summed E-state index contributed by atoms with van der Waals surface area (Å²) in [6.07, 6.45) is 4.20. The highest BCUT2D eigenvalue weighted by Crippen LogP contribution is 2.34. The van der Waals surface area contributed by atoms with Crippen molar-refractivity contribution in [1.29, 1.82) is 0 Å². The second kappa shape index (κ2) is 4.83. The van der Waals surface area contributed by atoms with Crippen LogP contribution in [-0.2, 0) is 11.8 Å². The van der Waals surface area contributed by atoms with E-state index in [2.05, 4.69) is 20.8 Å². The van der Waals surface area contributed by atoms with Crippen LogP contribution in [0.4, 0.5) is 0 Å². The molecule has 0 bridgehead atoms. The van der Waals surface area contributed by atoms with Gasteiger partial charge in [-0.1, -0.05) is 20.8 Å². The van der Waals surface area contributed by atoms with Gasteiger partial charge in [-0.05, 0) is 17.4 Å². The van der Waals surface area contributed by atoms with Gasteiger partial charge in [0.25, 0.3) is 0 Å². The third-order valence-corrected chi connectivity index (χ3v) is 3.93. The number of hydrogen-bond acceptors (Lipinski definition) is 2. The number of amides is 1. The van der Waals surface area contributed by atoms with Crippen LogP contribution in [0.5, 0.6) is 0 Å². The van der Waals surface area contributed by atoms with E-state index in [4.69, 9.17) is 0 Å². The van der Waals surface area contributed by atoms with Crippen molar-refractivity contribution in [2.45, 2.75) is 27.2 Å². The van der Waals surface area contributed by atoms with Crippen LogP contribution in [0.25, 0.3) is 0 Å². The molecule has 1 amide bonds. The normalized spacial score (nSPS) is 20.1. The minimum Gasteiger partial charge on any atom is -0.357 e. The molecule has 1 saturated heterocycles. The predicted octanol–water partition coefficient (Wildman–Crippen LogP) is 2.10. The summed E-state index contributed by atoms with van der Waals surface area (Å²) < 4.78 is 1.84. The molecule has 2 heterocycles. The molecule has 1 aromatic rings. The van der Waals surface area contributed by atoms with Gasteiger partial charge in [0.2, 0.25) is 5.91 Å². The molecule has 0 saturated carbocycles. The number of rotatable bonds is 3. The Morgan fingerprint density at radius 3 is 2.58 bits per heavy atom. The molecule has 4 nitrogen and oxygen atoms in total. The largest absolute Gasteiger partial charge is 0.357 e.